The van der Waals surface area contributed by atoms with Gasteiger partial charge < -0.3 is 14.8 Å². The summed E-state index contributed by atoms with van der Waals surface area (Å²) in [5, 5.41) is 4.42. The van der Waals surface area contributed by atoms with Gasteiger partial charge in [0.2, 0.25) is 0 Å². The molecule has 5 heteroatoms. The van der Waals surface area contributed by atoms with Crippen LogP contribution in [0.25, 0.3) is 0 Å². The first-order valence-electron chi connectivity index (χ1n) is 7.23. The normalized spacial score (nSPS) is 10.6. The van der Waals surface area contributed by atoms with Crippen LogP contribution >= 0.6 is 11.3 Å². The van der Waals surface area contributed by atoms with E-state index in [1.54, 1.807) is 18.4 Å². The standard InChI is InChI=1S/C16H22N2O2S/c1-3-4-9-17-10-15-11-18-16(21-15)12-20-14-7-5-13(19-2)6-8-14/h5-8,11,17H,3-4,9-10,12H2,1-2H3. The number of nitrogens with zero attached hydrogens (tertiary/aromatic N) is 1. The lowest BCUT2D eigenvalue weighted by atomic mass is 10.3. The molecular weight excluding hydrogens is 284 g/mol. The van der Waals surface area contributed by atoms with Gasteiger partial charge in [0, 0.05) is 17.6 Å². The fourth-order valence-corrected chi connectivity index (χ4v) is 2.63. The lowest BCUT2D eigenvalue weighted by Crippen LogP contribution is -2.13. The Kier molecular flexibility index (Phi) is 6.50. The number of nitrogens with one attached hydrogen (secondary N) is 1. The van der Waals surface area contributed by atoms with Gasteiger partial charge in [-0.25, -0.2) is 4.98 Å². The van der Waals surface area contributed by atoms with Crippen LogP contribution in [0.4, 0.5) is 0 Å². The molecule has 4 nitrogen and oxygen atoms in total. The largest absolute Gasteiger partial charge is 0.497 e. The molecule has 1 aromatic heterocycles. The van der Waals surface area contributed by atoms with Crippen LogP contribution in [0.1, 0.15) is 29.7 Å². The molecule has 0 fully saturated rings. The van der Waals surface area contributed by atoms with E-state index in [0.717, 1.165) is 29.6 Å². The van der Waals surface area contributed by atoms with Crippen LogP contribution in [0.5, 0.6) is 11.5 Å². The van der Waals surface area contributed by atoms with Crippen molar-refractivity contribution in [2.75, 3.05) is 13.7 Å². The van der Waals surface area contributed by atoms with Crippen molar-refractivity contribution in [3.63, 3.8) is 0 Å². The van der Waals surface area contributed by atoms with Crippen LogP contribution in [0, 0.1) is 0 Å². The lowest BCUT2D eigenvalue weighted by Gasteiger charge is -2.05. The van der Waals surface area contributed by atoms with Gasteiger partial charge in [-0.2, -0.15) is 0 Å². The smallest absolute Gasteiger partial charge is 0.140 e. The van der Waals surface area contributed by atoms with E-state index in [-0.39, 0.29) is 0 Å². The Bertz CT molecular complexity index is 525. The summed E-state index contributed by atoms with van der Waals surface area (Å²) in [4.78, 5) is 5.64. The highest BCUT2D eigenvalue weighted by Crippen LogP contribution is 2.19. The molecular formula is C16H22N2O2S. The van der Waals surface area contributed by atoms with E-state index in [0.29, 0.717) is 6.61 Å². The van der Waals surface area contributed by atoms with Gasteiger partial charge in [0.1, 0.15) is 23.1 Å². The second-order valence-corrected chi connectivity index (χ2v) is 5.91. The SMILES string of the molecule is CCCCNCc1cnc(COc2ccc(OC)cc2)s1. The topological polar surface area (TPSA) is 43.4 Å². The Morgan fingerprint density at radius 1 is 1.19 bits per heavy atom. The highest BCUT2D eigenvalue weighted by molar-refractivity contribution is 7.11. The second-order valence-electron chi connectivity index (χ2n) is 4.71. The van der Waals surface area contributed by atoms with Crippen molar-refractivity contribution in [2.24, 2.45) is 0 Å². The second kappa shape index (κ2) is 8.64. The molecule has 0 atom stereocenters. The molecule has 2 aromatic rings. The van der Waals surface area contributed by atoms with E-state index in [4.69, 9.17) is 9.47 Å². The minimum Gasteiger partial charge on any atom is -0.497 e. The molecule has 0 amide bonds. The minimum atomic E-state index is 0.506. The molecule has 1 heterocycles. The van der Waals surface area contributed by atoms with Crippen molar-refractivity contribution >= 4 is 11.3 Å². The van der Waals surface area contributed by atoms with E-state index < -0.39 is 0 Å². The number of thiazole rings is 1. The number of aromatic nitrogens is 1. The van der Waals surface area contributed by atoms with Gasteiger partial charge in [-0.05, 0) is 37.2 Å². The number of hydrogen-bond donors (Lipinski definition) is 1. The first-order chi connectivity index (χ1) is 10.3. The third-order valence-electron chi connectivity index (χ3n) is 3.03. The first kappa shape index (κ1) is 15.8. The molecule has 0 aliphatic carbocycles. The number of ether oxygens (including phenoxy) is 2. The number of unbranched alkanes of at least 4 members (excludes halogenated alkanes) is 1. The summed E-state index contributed by atoms with van der Waals surface area (Å²) in [6.45, 7) is 4.65. The Morgan fingerprint density at radius 2 is 1.95 bits per heavy atom. The molecule has 1 N–H and O–H groups in total. The molecule has 0 unspecified atom stereocenters. The highest BCUT2D eigenvalue weighted by Gasteiger charge is 2.03. The summed E-state index contributed by atoms with van der Waals surface area (Å²) < 4.78 is 10.8. The molecule has 0 bridgehead atoms. The van der Waals surface area contributed by atoms with E-state index in [9.17, 15) is 0 Å². The monoisotopic (exact) mass is 306 g/mol. The van der Waals surface area contributed by atoms with E-state index >= 15 is 0 Å². The molecule has 21 heavy (non-hydrogen) atoms. The van der Waals surface area contributed by atoms with E-state index in [1.807, 2.05) is 30.5 Å². The summed E-state index contributed by atoms with van der Waals surface area (Å²) in [6, 6.07) is 7.58. The predicted molar refractivity (Wildman–Crippen MR) is 86.1 cm³/mol. The van der Waals surface area contributed by atoms with Gasteiger partial charge in [0.15, 0.2) is 0 Å². The fourth-order valence-electron chi connectivity index (χ4n) is 1.83. The Labute approximate surface area is 130 Å². The molecule has 0 saturated heterocycles. The third kappa shape index (κ3) is 5.36. The summed E-state index contributed by atoms with van der Waals surface area (Å²) in [5.74, 6) is 1.66. The lowest BCUT2D eigenvalue weighted by molar-refractivity contribution is 0.305. The van der Waals surface area contributed by atoms with Crippen molar-refractivity contribution < 1.29 is 9.47 Å². The fraction of sp³-hybridized carbons (Fsp3) is 0.438. The average Bonchev–Trinajstić information content (AvgIpc) is 2.98. The van der Waals surface area contributed by atoms with Crippen molar-refractivity contribution in [1.29, 1.82) is 0 Å². The van der Waals surface area contributed by atoms with Gasteiger partial charge in [0.25, 0.3) is 0 Å². The van der Waals surface area contributed by atoms with Crippen LogP contribution in [-0.2, 0) is 13.2 Å². The summed E-state index contributed by atoms with van der Waals surface area (Å²) >= 11 is 1.69. The maximum Gasteiger partial charge on any atom is 0.140 e. The van der Waals surface area contributed by atoms with Crippen molar-refractivity contribution in [3.8, 4) is 11.5 Å². The molecule has 0 aliphatic rings. The minimum absolute atomic E-state index is 0.506. The number of rotatable bonds is 9. The first-order valence-corrected chi connectivity index (χ1v) is 8.04. The Balaban J connectivity index is 1.76. The van der Waals surface area contributed by atoms with E-state index in [2.05, 4.69) is 17.2 Å². The van der Waals surface area contributed by atoms with E-state index in [1.165, 1.54) is 17.7 Å². The summed E-state index contributed by atoms with van der Waals surface area (Å²) in [6.07, 6.45) is 4.36. The van der Waals surface area contributed by atoms with Gasteiger partial charge in [-0.3, -0.25) is 0 Å². The van der Waals surface area contributed by atoms with Gasteiger partial charge in [-0.1, -0.05) is 13.3 Å². The van der Waals surface area contributed by atoms with Gasteiger partial charge in [0.05, 0.1) is 7.11 Å². The summed E-state index contributed by atoms with van der Waals surface area (Å²) in [5.41, 5.74) is 0. The molecule has 2 rings (SSSR count). The van der Waals surface area contributed by atoms with Gasteiger partial charge in [-0.15, -0.1) is 11.3 Å². The van der Waals surface area contributed by atoms with Crippen molar-refractivity contribution in [3.05, 3.63) is 40.3 Å². The molecule has 0 aliphatic heterocycles. The van der Waals surface area contributed by atoms with Crippen molar-refractivity contribution in [2.45, 2.75) is 32.9 Å². The Hall–Kier alpha value is -1.59. The van der Waals surface area contributed by atoms with Gasteiger partial charge >= 0.3 is 0 Å². The zero-order valence-corrected chi connectivity index (χ0v) is 13.4. The molecule has 0 spiro atoms. The average molecular weight is 306 g/mol. The third-order valence-corrected chi connectivity index (χ3v) is 4.00. The maximum absolute atomic E-state index is 5.72. The van der Waals surface area contributed by atoms with Crippen LogP contribution < -0.4 is 14.8 Å². The molecule has 0 radical (unpaired) electrons. The zero-order valence-electron chi connectivity index (χ0n) is 12.6. The predicted octanol–water partition coefficient (Wildman–Crippen LogP) is 3.62. The maximum atomic E-state index is 5.72. The van der Waals surface area contributed by atoms with Crippen LogP contribution in [0.15, 0.2) is 30.5 Å². The number of hydrogen-bond acceptors (Lipinski definition) is 5. The molecule has 1 aromatic carbocycles. The molecule has 114 valence electrons. The quantitative estimate of drug-likeness (QED) is 0.719. The Morgan fingerprint density at radius 3 is 2.67 bits per heavy atom. The number of benzene rings is 1. The molecule has 0 saturated carbocycles. The van der Waals surface area contributed by atoms with Crippen LogP contribution in [0.3, 0.4) is 0 Å². The van der Waals surface area contributed by atoms with Crippen molar-refractivity contribution in [1.82, 2.24) is 10.3 Å². The van der Waals surface area contributed by atoms with Crippen LogP contribution in [-0.4, -0.2) is 18.6 Å². The number of methoxy groups -OCH3 is 1. The highest BCUT2D eigenvalue weighted by atomic mass is 32.1. The summed E-state index contributed by atoms with van der Waals surface area (Å²) in [7, 11) is 1.65. The van der Waals surface area contributed by atoms with Crippen LogP contribution in [0.2, 0.25) is 0 Å². The zero-order chi connectivity index (χ0) is 14.9.